The molecule has 1 heterocycles. The number of benzene rings is 1. The summed E-state index contributed by atoms with van der Waals surface area (Å²) in [6, 6.07) is 6.71. The van der Waals surface area contributed by atoms with E-state index in [0.29, 0.717) is 0 Å². The Morgan fingerprint density at radius 2 is 1.95 bits per heavy atom. The number of nitrogens with one attached hydrogen (secondary N) is 1. The topological polar surface area (TPSA) is 21.3 Å². The summed E-state index contributed by atoms with van der Waals surface area (Å²) in [6.07, 6.45) is 6.98. The number of ether oxygens (including phenoxy) is 1. The zero-order valence-corrected chi connectivity index (χ0v) is 11.8. The van der Waals surface area contributed by atoms with Crippen LogP contribution < -0.4 is 10.1 Å². The largest absolute Gasteiger partial charge is 0.488 e. The summed E-state index contributed by atoms with van der Waals surface area (Å²) in [5.74, 6) is 2.92. The molecule has 1 N–H and O–H groups in total. The predicted octanol–water partition coefficient (Wildman–Crippen LogP) is 3.42. The lowest BCUT2D eigenvalue weighted by Crippen LogP contribution is -2.40. The standard InChI is InChI=1S/C16H20ClNO/c17-13-5-6-15-12(7-13)8-14(19-15)9-18-16(10-1-2-10)11-3-4-11/h5-7,10-11,14,16,18H,1-4,8-9H2. The average molecular weight is 278 g/mol. The van der Waals surface area contributed by atoms with Crippen molar-refractivity contribution < 1.29 is 4.74 Å². The fourth-order valence-electron chi connectivity index (χ4n) is 3.30. The lowest BCUT2D eigenvalue weighted by atomic mass is 10.1. The summed E-state index contributed by atoms with van der Waals surface area (Å²) in [5.41, 5.74) is 1.26. The third-order valence-corrected chi connectivity index (χ3v) is 4.84. The fourth-order valence-corrected chi connectivity index (χ4v) is 3.49. The van der Waals surface area contributed by atoms with Gasteiger partial charge in [-0.05, 0) is 61.3 Å². The molecule has 0 aromatic heterocycles. The van der Waals surface area contributed by atoms with Gasteiger partial charge in [0, 0.05) is 24.0 Å². The zero-order valence-electron chi connectivity index (χ0n) is 11.1. The SMILES string of the molecule is Clc1ccc2c(c1)CC(CNC(C1CC1)C1CC1)O2. The van der Waals surface area contributed by atoms with Crippen LogP contribution in [0.5, 0.6) is 5.75 Å². The highest BCUT2D eigenvalue weighted by atomic mass is 35.5. The average Bonchev–Trinajstić information content (AvgIpc) is 3.28. The first-order valence-electron chi connectivity index (χ1n) is 7.48. The molecule has 2 fully saturated rings. The molecule has 3 aliphatic rings. The van der Waals surface area contributed by atoms with Gasteiger partial charge in [-0.2, -0.15) is 0 Å². The molecule has 1 unspecified atom stereocenters. The third-order valence-electron chi connectivity index (χ3n) is 4.60. The smallest absolute Gasteiger partial charge is 0.123 e. The van der Waals surface area contributed by atoms with Crippen LogP contribution in [0, 0.1) is 11.8 Å². The van der Waals surface area contributed by atoms with E-state index in [2.05, 4.69) is 5.32 Å². The van der Waals surface area contributed by atoms with Crippen LogP contribution in [-0.2, 0) is 6.42 Å². The second kappa shape index (κ2) is 4.68. The van der Waals surface area contributed by atoms with Crippen LogP contribution in [0.3, 0.4) is 0 Å². The van der Waals surface area contributed by atoms with E-state index in [-0.39, 0.29) is 6.10 Å². The van der Waals surface area contributed by atoms with Gasteiger partial charge in [0.15, 0.2) is 0 Å². The first-order chi connectivity index (χ1) is 9.29. The first kappa shape index (κ1) is 12.0. The van der Waals surface area contributed by atoms with Crippen molar-refractivity contribution in [1.82, 2.24) is 5.32 Å². The lowest BCUT2D eigenvalue weighted by Gasteiger charge is -2.20. The van der Waals surface area contributed by atoms with Gasteiger partial charge in [-0.3, -0.25) is 0 Å². The minimum atomic E-state index is 0.286. The molecule has 0 bridgehead atoms. The second-order valence-corrected chi connectivity index (χ2v) is 6.74. The van der Waals surface area contributed by atoms with Crippen molar-refractivity contribution >= 4 is 11.6 Å². The van der Waals surface area contributed by atoms with Crippen LogP contribution in [0.25, 0.3) is 0 Å². The molecule has 1 atom stereocenters. The fraction of sp³-hybridized carbons (Fsp3) is 0.625. The predicted molar refractivity (Wildman–Crippen MR) is 76.8 cm³/mol. The first-order valence-corrected chi connectivity index (χ1v) is 7.86. The molecule has 19 heavy (non-hydrogen) atoms. The van der Waals surface area contributed by atoms with Crippen molar-refractivity contribution in [1.29, 1.82) is 0 Å². The van der Waals surface area contributed by atoms with Gasteiger partial charge >= 0.3 is 0 Å². The molecule has 0 saturated heterocycles. The van der Waals surface area contributed by atoms with Gasteiger partial charge in [0.2, 0.25) is 0 Å². The Balaban J connectivity index is 1.35. The molecule has 4 rings (SSSR count). The highest BCUT2D eigenvalue weighted by Crippen LogP contribution is 2.44. The Morgan fingerprint density at radius 3 is 2.63 bits per heavy atom. The van der Waals surface area contributed by atoms with Crippen LogP contribution in [-0.4, -0.2) is 18.7 Å². The van der Waals surface area contributed by atoms with Crippen molar-refractivity contribution in [3.63, 3.8) is 0 Å². The lowest BCUT2D eigenvalue weighted by molar-refractivity contribution is 0.215. The molecule has 0 radical (unpaired) electrons. The van der Waals surface area contributed by atoms with Gasteiger partial charge < -0.3 is 10.1 Å². The summed E-state index contributed by atoms with van der Waals surface area (Å²) in [4.78, 5) is 0. The van der Waals surface area contributed by atoms with E-state index >= 15 is 0 Å². The maximum absolute atomic E-state index is 6.03. The van der Waals surface area contributed by atoms with Crippen LogP contribution in [0.4, 0.5) is 0 Å². The molecular formula is C16H20ClNO. The highest BCUT2D eigenvalue weighted by molar-refractivity contribution is 6.30. The number of hydrogen-bond donors (Lipinski definition) is 1. The van der Waals surface area contributed by atoms with E-state index in [1.165, 1.54) is 31.2 Å². The van der Waals surface area contributed by atoms with Crippen LogP contribution in [0.2, 0.25) is 5.02 Å². The van der Waals surface area contributed by atoms with Gasteiger partial charge in [-0.25, -0.2) is 0 Å². The summed E-state index contributed by atoms with van der Waals surface area (Å²) in [6.45, 7) is 0.976. The summed E-state index contributed by atoms with van der Waals surface area (Å²) < 4.78 is 5.99. The van der Waals surface area contributed by atoms with E-state index in [0.717, 1.165) is 41.6 Å². The van der Waals surface area contributed by atoms with Gasteiger partial charge in [0.25, 0.3) is 0 Å². The van der Waals surface area contributed by atoms with Crippen molar-refractivity contribution in [2.45, 2.75) is 44.2 Å². The molecule has 2 nitrogen and oxygen atoms in total. The Labute approximate surface area is 119 Å². The molecule has 102 valence electrons. The third kappa shape index (κ3) is 2.61. The quantitative estimate of drug-likeness (QED) is 0.890. The number of rotatable bonds is 5. The van der Waals surface area contributed by atoms with E-state index in [4.69, 9.17) is 16.3 Å². The molecule has 1 aliphatic heterocycles. The second-order valence-electron chi connectivity index (χ2n) is 6.30. The van der Waals surface area contributed by atoms with Crippen LogP contribution >= 0.6 is 11.6 Å². The van der Waals surface area contributed by atoms with E-state index < -0.39 is 0 Å². The molecular weight excluding hydrogens is 258 g/mol. The normalized spacial score (nSPS) is 25.5. The Morgan fingerprint density at radius 1 is 1.21 bits per heavy atom. The number of hydrogen-bond acceptors (Lipinski definition) is 2. The minimum Gasteiger partial charge on any atom is -0.488 e. The van der Waals surface area contributed by atoms with Gasteiger partial charge in [-0.1, -0.05) is 11.6 Å². The maximum atomic E-state index is 6.03. The van der Waals surface area contributed by atoms with E-state index in [1.807, 2.05) is 18.2 Å². The summed E-state index contributed by atoms with van der Waals surface area (Å²) in [7, 11) is 0. The van der Waals surface area contributed by atoms with Crippen molar-refractivity contribution in [3.05, 3.63) is 28.8 Å². The van der Waals surface area contributed by atoms with Gasteiger partial charge in [-0.15, -0.1) is 0 Å². The highest BCUT2D eigenvalue weighted by Gasteiger charge is 2.41. The van der Waals surface area contributed by atoms with E-state index in [1.54, 1.807) is 0 Å². The molecule has 1 aromatic rings. The maximum Gasteiger partial charge on any atom is 0.123 e. The van der Waals surface area contributed by atoms with Crippen molar-refractivity contribution in [3.8, 4) is 5.75 Å². The number of halogens is 1. The number of fused-ring (bicyclic) bond motifs is 1. The Kier molecular flexibility index (Phi) is 2.96. The Hall–Kier alpha value is -0.730. The molecule has 3 heteroatoms. The Bertz CT molecular complexity index is 470. The van der Waals surface area contributed by atoms with Crippen molar-refractivity contribution in [2.24, 2.45) is 11.8 Å². The van der Waals surface area contributed by atoms with Gasteiger partial charge in [0.05, 0.1) is 0 Å². The summed E-state index contributed by atoms with van der Waals surface area (Å²) in [5, 5.41) is 4.59. The molecule has 2 aliphatic carbocycles. The van der Waals surface area contributed by atoms with Crippen LogP contribution in [0.15, 0.2) is 18.2 Å². The monoisotopic (exact) mass is 277 g/mol. The molecule has 1 aromatic carbocycles. The van der Waals surface area contributed by atoms with Gasteiger partial charge in [0.1, 0.15) is 11.9 Å². The molecule has 0 spiro atoms. The minimum absolute atomic E-state index is 0.286. The summed E-state index contributed by atoms with van der Waals surface area (Å²) >= 11 is 6.03. The van der Waals surface area contributed by atoms with Crippen molar-refractivity contribution in [2.75, 3.05) is 6.54 Å². The zero-order chi connectivity index (χ0) is 12.8. The van der Waals surface area contributed by atoms with Crippen LogP contribution in [0.1, 0.15) is 31.2 Å². The van der Waals surface area contributed by atoms with E-state index in [9.17, 15) is 0 Å². The molecule has 0 amide bonds. The molecule has 2 saturated carbocycles.